The van der Waals surface area contributed by atoms with Gasteiger partial charge in [-0.1, -0.05) is 19.8 Å². The van der Waals surface area contributed by atoms with Gasteiger partial charge in [0.05, 0.1) is 5.60 Å². The predicted octanol–water partition coefficient (Wildman–Crippen LogP) is 1.93. The maximum absolute atomic E-state index is 5.95. The van der Waals surface area contributed by atoms with Crippen molar-refractivity contribution in [1.29, 1.82) is 0 Å². The smallest absolute Gasteiger partial charge is 0.0828 e. The fraction of sp³-hybridized carbons (Fsp3) is 1.00. The van der Waals surface area contributed by atoms with Crippen LogP contribution in [0.25, 0.3) is 0 Å². The van der Waals surface area contributed by atoms with Crippen molar-refractivity contribution in [2.45, 2.75) is 51.2 Å². The Balaban J connectivity index is 2.64. The third-order valence-electron chi connectivity index (χ3n) is 3.23. The summed E-state index contributed by atoms with van der Waals surface area (Å²) in [5, 5.41) is 0. The molecule has 0 aromatic rings. The molecule has 2 heteroatoms. The van der Waals surface area contributed by atoms with Crippen molar-refractivity contribution in [3.05, 3.63) is 0 Å². The van der Waals surface area contributed by atoms with E-state index in [-0.39, 0.29) is 11.6 Å². The van der Waals surface area contributed by atoms with Gasteiger partial charge in [0, 0.05) is 13.2 Å². The Kier molecular flexibility index (Phi) is 3.13. The molecule has 0 bridgehead atoms. The van der Waals surface area contributed by atoms with E-state index in [1.807, 2.05) is 0 Å². The minimum atomic E-state index is -0.0301. The molecule has 72 valence electrons. The summed E-state index contributed by atoms with van der Waals surface area (Å²) in [5.74, 6) is 0.768. The van der Waals surface area contributed by atoms with Crippen molar-refractivity contribution in [3.63, 3.8) is 0 Å². The van der Waals surface area contributed by atoms with E-state index >= 15 is 0 Å². The van der Waals surface area contributed by atoms with Crippen LogP contribution in [0.1, 0.15) is 39.5 Å². The van der Waals surface area contributed by atoms with Crippen LogP contribution in [0.15, 0.2) is 0 Å². The molecule has 0 saturated heterocycles. The minimum Gasteiger partial charge on any atom is -0.377 e. The molecule has 3 atom stereocenters. The number of methoxy groups -OCH3 is 1. The van der Waals surface area contributed by atoms with Crippen LogP contribution in [-0.2, 0) is 4.74 Å². The summed E-state index contributed by atoms with van der Waals surface area (Å²) < 4.78 is 5.59. The summed E-state index contributed by atoms with van der Waals surface area (Å²) in [6, 6.07) is 0.158. The third kappa shape index (κ3) is 1.80. The van der Waals surface area contributed by atoms with E-state index in [9.17, 15) is 0 Å². The molecule has 0 aromatic heterocycles. The van der Waals surface area contributed by atoms with E-state index in [0.717, 1.165) is 18.8 Å². The van der Waals surface area contributed by atoms with E-state index in [2.05, 4.69) is 13.8 Å². The summed E-state index contributed by atoms with van der Waals surface area (Å²) in [6.45, 7) is 4.34. The van der Waals surface area contributed by atoms with Crippen LogP contribution < -0.4 is 5.73 Å². The normalized spacial score (nSPS) is 39.5. The van der Waals surface area contributed by atoms with E-state index in [1.165, 1.54) is 12.8 Å². The molecule has 0 radical (unpaired) electrons. The molecule has 3 unspecified atom stereocenters. The molecule has 0 aliphatic heterocycles. The molecule has 1 aliphatic carbocycles. The summed E-state index contributed by atoms with van der Waals surface area (Å²) in [5.41, 5.74) is 5.92. The van der Waals surface area contributed by atoms with Gasteiger partial charge in [-0.15, -0.1) is 0 Å². The topological polar surface area (TPSA) is 35.2 Å². The second-order valence-corrected chi connectivity index (χ2v) is 4.26. The molecule has 1 aliphatic rings. The predicted molar refractivity (Wildman–Crippen MR) is 51.0 cm³/mol. The first-order valence-corrected chi connectivity index (χ1v) is 4.91. The van der Waals surface area contributed by atoms with Gasteiger partial charge in [-0.25, -0.2) is 0 Å². The Morgan fingerprint density at radius 1 is 1.58 bits per heavy atom. The van der Waals surface area contributed by atoms with Crippen LogP contribution >= 0.6 is 0 Å². The van der Waals surface area contributed by atoms with Crippen LogP contribution in [0.5, 0.6) is 0 Å². The van der Waals surface area contributed by atoms with E-state index in [1.54, 1.807) is 7.11 Å². The zero-order valence-electron chi connectivity index (χ0n) is 8.47. The van der Waals surface area contributed by atoms with Gasteiger partial charge >= 0.3 is 0 Å². The standard InChI is InChI=1S/C10H21NO/c1-8-5-4-6-10(7-8,12-3)9(2)11/h8-9H,4-7,11H2,1-3H3. The first-order chi connectivity index (χ1) is 5.60. The van der Waals surface area contributed by atoms with Gasteiger partial charge in [-0.2, -0.15) is 0 Å². The number of rotatable bonds is 2. The molecular weight excluding hydrogens is 150 g/mol. The second-order valence-electron chi connectivity index (χ2n) is 4.26. The summed E-state index contributed by atoms with van der Waals surface area (Å²) in [7, 11) is 1.79. The van der Waals surface area contributed by atoms with Crippen LogP contribution in [0.3, 0.4) is 0 Å². The van der Waals surface area contributed by atoms with Crippen molar-refractivity contribution in [3.8, 4) is 0 Å². The largest absolute Gasteiger partial charge is 0.377 e. The van der Waals surface area contributed by atoms with E-state index in [0.29, 0.717) is 0 Å². The number of hydrogen-bond acceptors (Lipinski definition) is 2. The highest BCUT2D eigenvalue weighted by molar-refractivity contribution is 4.92. The highest BCUT2D eigenvalue weighted by Gasteiger charge is 2.37. The minimum absolute atomic E-state index is 0.0301. The number of hydrogen-bond donors (Lipinski definition) is 1. The summed E-state index contributed by atoms with van der Waals surface area (Å²) in [4.78, 5) is 0. The Morgan fingerprint density at radius 2 is 2.25 bits per heavy atom. The average molecular weight is 171 g/mol. The zero-order valence-corrected chi connectivity index (χ0v) is 8.47. The lowest BCUT2D eigenvalue weighted by molar-refractivity contribution is -0.0667. The van der Waals surface area contributed by atoms with Crippen molar-refractivity contribution in [2.24, 2.45) is 11.7 Å². The number of ether oxygens (including phenoxy) is 1. The molecule has 0 aromatic carbocycles. The lowest BCUT2D eigenvalue weighted by Crippen LogP contribution is -2.50. The molecule has 12 heavy (non-hydrogen) atoms. The molecule has 0 amide bonds. The number of nitrogens with two attached hydrogens (primary N) is 1. The fourth-order valence-electron chi connectivity index (χ4n) is 2.33. The first-order valence-electron chi connectivity index (χ1n) is 4.91. The van der Waals surface area contributed by atoms with E-state index in [4.69, 9.17) is 10.5 Å². The Bertz CT molecular complexity index is 147. The van der Waals surface area contributed by atoms with Crippen molar-refractivity contribution in [1.82, 2.24) is 0 Å². The van der Waals surface area contributed by atoms with Gasteiger partial charge in [-0.3, -0.25) is 0 Å². The molecule has 2 nitrogen and oxygen atoms in total. The SMILES string of the molecule is COC1(C(C)N)CCCC(C)C1. The Hall–Kier alpha value is -0.0800. The lowest BCUT2D eigenvalue weighted by Gasteiger charge is -2.41. The lowest BCUT2D eigenvalue weighted by atomic mass is 9.75. The van der Waals surface area contributed by atoms with Gasteiger partial charge in [0.15, 0.2) is 0 Å². The van der Waals surface area contributed by atoms with Crippen molar-refractivity contribution < 1.29 is 4.74 Å². The van der Waals surface area contributed by atoms with Gasteiger partial charge in [-0.05, 0) is 25.7 Å². The highest BCUT2D eigenvalue weighted by Crippen LogP contribution is 2.36. The summed E-state index contributed by atoms with van der Waals surface area (Å²) >= 11 is 0. The second kappa shape index (κ2) is 3.75. The Labute approximate surface area is 75.5 Å². The van der Waals surface area contributed by atoms with Crippen LogP contribution in [0, 0.1) is 5.92 Å². The van der Waals surface area contributed by atoms with Gasteiger partial charge in [0.1, 0.15) is 0 Å². The van der Waals surface area contributed by atoms with Crippen molar-refractivity contribution in [2.75, 3.05) is 7.11 Å². The van der Waals surface area contributed by atoms with Crippen LogP contribution in [0.4, 0.5) is 0 Å². The molecular formula is C10H21NO. The van der Waals surface area contributed by atoms with E-state index < -0.39 is 0 Å². The quantitative estimate of drug-likeness (QED) is 0.689. The maximum atomic E-state index is 5.95. The fourth-order valence-corrected chi connectivity index (χ4v) is 2.33. The van der Waals surface area contributed by atoms with Gasteiger partial charge in [0.25, 0.3) is 0 Å². The average Bonchev–Trinajstić information content (AvgIpc) is 2.04. The molecule has 1 fully saturated rings. The highest BCUT2D eigenvalue weighted by atomic mass is 16.5. The van der Waals surface area contributed by atoms with Crippen LogP contribution in [0.2, 0.25) is 0 Å². The zero-order chi connectivity index (χ0) is 9.19. The van der Waals surface area contributed by atoms with Crippen molar-refractivity contribution >= 4 is 0 Å². The Morgan fingerprint density at radius 3 is 2.58 bits per heavy atom. The molecule has 0 heterocycles. The molecule has 2 N–H and O–H groups in total. The van der Waals surface area contributed by atoms with Crippen LogP contribution in [-0.4, -0.2) is 18.8 Å². The van der Waals surface area contributed by atoms with Gasteiger partial charge in [0.2, 0.25) is 0 Å². The third-order valence-corrected chi connectivity index (χ3v) is 3.23. The molecule has 1 rings (SSSR count). The summed E-state index contributed by atoms with van der Waals surface area (Å²) in [6.07, 6.45) is 4.85. The van der Waals surface area contributed by atoms with Gasteiger partial charge < -0.3 is 10.5 Å². The molecule has 1 saturated carbocycles. The monoisotopic (exact) mass is 171 g/mol. The first kappa shape index (κ1) is 10.0. The maximum Gasteiger partial charge on any atom is 0.0828 e. The molecule has 0 spiro atoms.